The maximum Gasteiger partial charge on any atom is 0.223 e. The third-order valence-corrected chi connectivity index (χ3v) is 6.14. The van der Waals surface area contributed by atoms with Gasteiger partial charge in [-0.05, 0) is 42.7 Å². The van der Waals surface area contributed by atoms with E-state index in [0.29, 0.717) is 6.54 Å². The lowest BCUT2D eigenvalue weighted by atomic mass is 9.95. The van der Waals surface area contributed by atoms with E-state index in [4.69, 9.17) is 4.74 Å². The van der Waals surface area contributed by atoms with Crippen molar-refractivity contribution >= 4 is 22.8 Å². The molecule has 0 radical (unpaired) electrons. The number of benzene rings is 2. The van der Waals surface area contributed by atoms with Gasteiger partial charge in [0.1, 0.15) is 17.9 Å². The molecule has 0 aliphatic carbocycles. The lowest BCUT2D eigenvalue weighted by Crippen LogP contribution is -2.40. The van der Waals surface area contributed by atoms with Crippen LogP contribution in [0.4, 0.5) is 5.82 Å². The third kappa shape index (κ3) is 4.37. The highest BCUT2D eigenvalue weighted by molar-refractivity contribution is 5.88. The number of aromatic nitrogens is 4. The van der Waals surface area contributed by atoms with Crippen LogP contribution in [0.1, 0.15) is 18.4 Å². The molecule has 1 aliphatic heterocycles. The predicted molar refractivity (Wildman–Crippen MR) is 126 cm³/mol. The van der Waals surface area contributed by atoms with Crippen molar-refractivity contribution in [2.24, 2.45) is 5.92 Å². The largest absolute Gasteiger partial charge is 0.497 e. The number of piperidine rings is 1. The summed E-state index contributed by atoms with van der Waals surface area (Å²) in [5.74, 6) is 1.80. The van der Waals surface area contributed by atoms with Gasteiger partial charge in [0.05, 0.1) is 24.4 Å². The second-order valence-electron chi connectivity index (χ2n) is 8.15. The number of carbonyl (C=O) groups excluding carboxylic acids is 1. The molecule has 4 aromatic rings. The Kier molecular flexibility index (Phi) is 5.89. The number of nitrogens with one attached hydrogen (secondary N) is 1. The number of nitrogens with zero attached hydrogens (tertiary/aromatic N) is 5. The summed E-state index contributed by atoms with van der Waals surface area (Å²) in [5.41, 5.74) is 2.80. The molecule has 5 rings (SSSR count). The van der Waals surface area contributed by atoms with E-state index in [9.17, 15) is 4.79 Å². The Hall–Kier alpha value is -3.94. The summed E-state index contributed by atoms with van der Waals surface area (Å²) in [4.78, 5) is 24.0. The number of fused-ring (bicyclic) bond motifs is 1. The molecule has 0 unspecified atom stereocenters. The molecule has 168 valence electrons. The van der Waals surface area contributed by atoms with Crippen LogP contribution in [0.2, 0.25) is 0 Å². The summed E-state index contributed by atoms with van der Waals surface area (Å²) in [6.07, 6.45) is 4.98. The number of methoxy groups -OCH3 is 1. The molecule has 8 nitrogen and oxygen atoms in total. The molecule has 1 fully saturated rings. The van der Waals surface area contributed by atoms with Gasteiger partial charge in [-0.15, -0.1) is 0 Å². The number of anilines is 1. The van der Waals surface area contributed by atoms with Gasteiger partial charge in [0.15, 0.2) is 5.65 Å². The molecule has 1 aliphatic rings. The van der Waals surface area contributed by atoms with Gasteiger partial charge in [-0.2, -0.15) is 5.10 Å². The average molecular weight is 443 g/mol. The van der Waals surface area contributed by atoms with Gasteiger partial charge in [0.2, 0.25) is 5.91 Å². The van der Waals surface area contributed by atoms with Crippen molar-refractivity contribution in [1.82, 2.24) is 25.1 Å². The summed E-state index contributed by atoms with van der Waals surface area (Å²) >= 11 is 0. The lowest BCUT2D eigenvalue weighted by Gasteiger charge is -2.32. The highest BCUT2D eigenvalue weighted by atomic mass is 16.5. The van der Waals surface area contributed by atoms with Crippen LogP contribution in [0.25, 0.3) is 16.7 Å². The minimum atomic E-state index is 0.00358. The highest BCUT2D eigenvalue weighted by Crippen LogP contribution is 2.28. The average Bonchev–Trinajstić information content (AvgIpc) is 3.32. The van der Waals surface area contributed by atoms with Crippen molar-refractivity contribution in [2.45, 2.75) is 19.4 Å². The molecule has 33 heavy (non-hydrogen) atoms. The summed E-state index contributed by atoms with van der Waals surface area (Å²) in [6.45, 7) is 2.06. The zero-order valence-electron chi connectivity index (χ0n) is 18.5. The first-order chi connectivity index (χ1) is 16.2. The van der Waals surface area contributed by atoms with Crippen molar-refractivity contribution in [2.75, 3.05) is 25.1 Å². The highest BCUT2D eigenvalue weighted by Gasteiger charge is 2.27. The Morgan fingerprint density at radius 2 is 1.82 bits per heavy atom. The van der Waals surface area contributed by atoms with Gasteiger partial charge in [-0.3, -0.25) is 4.79 Å². The smallest absolute Gasteiger partial charge is 0.223 e. The SMILES string of the molecule is COc1ccc(CNC(=O)C2CCN(c3ncnc4c3cnn4-c3ccccc3)CC2)cc1. The van der Waals surface area contributed by atoms with Crippen molar-refractivity contribution in [3.8, 4) is 11.4 Å². The predicted octanol–water partition coefficient (Wildman–Crippen LogP) is 3.36. The second kappa shape index (κ2) is 9.28. The zero-order valence-corrected chi connectivity index (χ0v) is 18.5. The fraction of sp³-hybridized carbons (Fsp3) is 0.280. The van der Waals surface area contributed by atoms with Crippen molar-refractivity contribution in [3.63, 3.8) is 0 Å². The molecule has 8 heteroatoms. The minimum absolute atomic E-state index is 0.00358. The Balaban J connectivity index is 1.23. The second-order valence-corrected chi connectivity index (χ2v) is 8.15. The standard InChI is InChI=1S/C25H26N6O2/c1-33-21-9-7-18(8-10-21)15-26-25(32)19-11-13-30(14-12-19)23-22-16-29-31(24(22)28-17-27-23)20-5-3-2-4-6-20/h2-10,16-17,19H,11-15H2,1H3,(H,26,32). The Morgan fingerprint density at radius 3 is 2.55 bits per heavy atom. The van der Waals surface area contributed by atoms with Gasteiger partial charge < -0.3 is 15.0 Å². The van der Waals surface area contributed by atoms with E-state index in [1.165, 1.54) is 0 Å². The van der Waals surface area contributed by atoms with Gasteiger partial charge in [0, 0.05) is 25.6 Å². The molecule has 1 amide bonds. The first-order valence-corrected chi connectivity index (χ1v) is 11.1. The Morgan fingerprint density at radius 1 is 1.06 bits per heavy atom. The number of hydrogen-bond acceptors (Lipinski definition) is 6. The summed E-state index contributed by atoms with van der Waals surface area (Å²) in [7, 11) is 1.64. The molecule has 2 aromatic heterocycles. The maximum atomic E-state index is 12.7. The normalized spacial score (nSPS) is 14.4. The van der Waals surface area contributed by atoms with Gasteiger partial charge in [-0.25, -0.2) is 14.6 Å². The first kappa shape index (κ1) is 20.9. The zero-order chi connectivity index (χ0) is 22.6. The molecule has 1 N–H and O–H groups in total. The molecule has 3 heterocycles. The molecule has 0 saturated carbocycles. The molecular formula is C25H26N6O2. The van der Waals surface area contributed by atoms with E-state index < -0.39 is 0 Å². The van der Waals surface area contributed by atoms with Crippen molar-refractivity contribution in [3.05, 3.63) is 72.7 Å². The van der Waals surface area contributed by atoms with Crippen LogP contribution in [-0.4, -0.2) is 45.9 Å². The number of ether oxygens (including phenoxy) is 1. The Bertz CT molecular complexity index is 1230. The molecule has 0 atom stereocenters. The first-order valence-electron chi connectivity index (χ1n) is 11.1. The Labute approximate surface area is 192 Å². The van der Waals surface area contributed by atoms with Crippen LogP contribution < -0.4 is 15.0 Å². The number of amides is 1. The quantitative estimate of drug-likeness (QED) is 0.493. The molecule has 0 spiro atoms. The summed E-state index contributed by atoms with van der Waals surface area (Å²) in [5, 5.41) is 8.54. The molecule has 1 saturated heterocycles. The number of carbonyl (C=O) groups is 1. The fourth-order valence-corrected chi connectivity index (χ4v) is 4.27. The van der Waals surface area contributed by atoms with Crippen LogP contribution in [-0.2, 0) is 11.3 Å². The van der Waals surface area contributed by atoms with Crippen molar-refractivity contribution in [1.29, 1.82) is 0 Å². The fourth-order valence-electron chi connectivity index (χ4n) is 4.27. The number of rotatable bonds is 6. The maximum absolute atomic E-state index is 12.7. The van der Waals surface area contributed by atoms with E-state index >= 15 is 0 Å². The molecule has 0 bridgehead atoms. The number of hydrogen-bond donors (Lipinski definition) is 1. The van der Waals surface area contributed by atoms with E-state index in [1.54, 1.807) is 13.4 Å². The van der Waals surface area contributed by atoms with Crippen LogP contribution >= 0.6 is 0 Å². The third-order valence-electron chi connectivity index (χ3n) is 6.14. The topological polar surface area (TPSA) is 85.2 Å². The molecular weight excluding hydrogens is 416 g/mol. The van der Waals surface area contributed by atoms with Crippen LogP contribution in [0.15, 0.2) is 67.1 Å². The van der Waals surface area contributed by atoms with Crippen LogP contribution in [0, 0.1) is 5.92 Å². The molecule has 2 aromatic carbocycles. The monoisotopic (exact) mass is 442 g/mol. The van der Waals surface area contributed by atoms with E-state index in [-0.39, 0.29) is 11.8 Å². The minimum Gasteiger partial charge on any atom is -0.497 e. The van der Waals surface area contributed by atoms with E-state index in [0.717, 1.165) is 59.8 Å². The van der Waals surface area contributed by atoms with Crippen LogP contribution in [0.3, 0.4) is 0 Å². The van der Waals surface area contributed by atoms with E-state index in [2.05, 4.69) is 25.3 Å². The van der Waals surface area contributed by atoms with Gasteiger partial charge >= 0.3 is 0 Å². The van der Waals surface area contributed by atoms with Crippen molar-refractivity contribution < 1.29 is 9.53 Å². The lowest BCUT2D eigenvalue weighted by molar-refractivity contribution is -0.125. The van der Waals surface area contributed by atoms with Gasteiger partial charge in [-0.1, -0.05) is 30.3 Å². The van der Waals surface area contributed by atoms with Gasteiger partial charge in [0.25, 0.3) is 0 Å². The van der Waals surface area contributed by atoms with E-state index in [1.807, 2.05) is 65.5 Å². The van der Waals surface area contributed by atoms with Crippen LogP contribution in [0.5, 0.6) is 5.75 Å². The number of para-hydroxylation sites is 1. The summed E-state index contributed by atoms with van der Waals surface area (Å²) in [6, 6.07) is 17.7. The summed E-state index contributed by atoms with van der Waals surface area (Å²) < 4.78 is 7.01.